The normalized spacial score (nSPS) is 19.6. The molecule has 0 radical (unpaired) electrons. The van der Waals surface area contributed by atoms with E-state index in [1.165, 1.54) is 0 Å². The minimum absolute atomic E-state index is 0.114. The summed E-state index contributed by atoms with van der Waals surface area (Å²) < 4.78 is 30.4. The summed E-state index contributed by atoms with van der Waals surface area (Å²) >= 11 is 0. The van der Waals surface area contributed by atoms with E-state index in [1.807, 2.05) is 0 Å². The lowest BCUT2D eigenvalue weighted by atomic mass is 10.3. The van der Waals surface area contributed by atoms with E-state index in [2.05, 4.69) is 4.72 Å². The third kappa shape index (κ3) is 3.53. The van der Waals surface area contributed by atoms with E-state index in [4.69, 9.17) is 10.5 Å². The molecule has 84 valence electrons. The highest BCUT2D eigenvalue weighted by Gasteiger charge is 2.44. The number of rotatable bonds is 7. The zero-order valence-electron chi connectivity index (χ0n) is 8.45. The fourth-order valence-corrected chi connectivity index (χ4v) is 2.82. The van der Waals surface area contributed by atoms with Crippen molar-refractivity contribution in [2.45, 2.75) is 24.8 Å². The van der Waals surface area contributed by atoms with Crippen LogP contribution in [0.25, 0.3) is 0 Å². The molecule has 5 nitrogen and oxygen atoms in total. The van der Waals surface area contributed by atoms with Crippen LogP contribution in [0.2, 0.25) is 0 Å². The maximum Gasteiger partial charge on any atom is 0.212 e. The van der Waals surface area contributed by atoms with Crippen LogP contribution in [0.5, 0.6) is 0 Å². The van der Waals surface area contributed by atoms with Gasteiger partial charge in [0.25, 0.3) is 0 Å². The average molecular weight is 222 g/mol. The van der Waals surface area contributed by atoms with Crippen LogP contribution in [0.15, 0.2) is 0 Å². The van der Waals surface area contributed by atoms with Crippen molar-refractivity contribution in [1.82, 2.24) is 4.72 Å². The average Bonchev–Trinajstić information content (AvgIpc) is 2.85. The number of ether oxygens (including phenoxy) is 1. The van der Waals surface area contributed by atoms with Gasteiger partial charge in [0.05, 0.1) is 5.75 Å². The van der Waals surface area contributed by atoms with Gasteiger partial charge in [0.15, 0.2) is 0 Å². The van der Waals surface area contributed by atoms with Gasteiger partial charge in [0.2, 0.25) is 10.0 Å². The van der Waals surface area contributed by atoms with Gasteiger partial charge < -0.3 is 10.5 Å². The van der Waals surface area contributed by atoms with Gasteiger partial charge in [-0.1, -0.05) is 0 Å². The number of hydrogen-bond acceptors (Lipinski definition) is 4. The first-order valence-corrected chi connectivity index (χ1v) is 6.39. The molecule has 0 aromatic rings. The number of hydrogen-bond donors (Lipinski definition) is 2. The monoisotopic (exact) mass is 222 g/mol. The topological polar surface area (TPSA) is 81.4 Å². The van der Waals surface area contributed by atoms with E-state index in [0.29, 0.717) is 19.6 Å². The highest BCUT2D eigenvalue weighted by atomic mass is 32.2. The largest absolute Gasteiger partial charge is 0.385 e. The summed E-state index contributed by atoms with van der Waals surface area (Å²) in [7, 11) is -1.61. The predicted molar refractivity (Wildman–Crippen MR) is 54.4 cm³/mol. The highest BCUT2D eigenvalue weighted by molar-refractivity contribution is 7.89. The maximum atomic E-state index is 11.5. The minimum Gasteiger partial charge on any atom is -0.385 e. The predicted octanol–water partition coefficient (Wildman–Crippen LogP) is -0.566. The Labute approximate surface area is 85.1 Å². The number of methoxy groups -OCH3 is 1. The molecule has 6 heteroatoms. The van der Waals surface area contributed by atoms with E-state index in [-0.39, 0.29) is 11.3 Å². The van der Waals surface area contributed by atoms with Crippen LogP contribution in [-0.4, -0.2) is 40.0 Å². The maximum absolute atomic E-state index is 11.5. The Bertz CT molecular complexity index is 272. The van der Waals surface area contributed by atoms with Gasteiger partial charge in [-0.25, -0.2) is 13.1 Å². The molecule has 0 unspecified atom stereocenters. The Morgan fingerprint density at radius 1 is 1.50 bits per heavy atom. The minimum atomic E-state index is -3.17. The second kappa shape index (κ2) is 4.57. The first-order valence-electron chi connectivity index (χ1n) is 4.74. The van der Waals surface area contributed by atoms with Gasteiger partial charge in [0.1, 0.15) is 0 Å². The third-order valence-electron chi connectivity index (χ3n) is 2.38. The lowest BCUT2D eigenvalue weighted by Crippen LogP contribution is -2.43. The molecule has 1 fully saturated rings. The molecule has 0 aromatic heterocycles. The highest BCUT2D eigenvalue weighted by Crippen LogP contribution is 2.34. The Morgan fingerprint density at radius 2 is 2.14 bits per heavy atom. The quantitative estimate of drug-likeness (QED) is 0.565. The van der Waals surface area contributed by atoms with Crippen molar-refractivity contribution in [1.29, 1.82) is 0 Å². The van der Waals surface area contributed by atoms with Crippen molar-refractivity contribution in [3.05, 3.63) is 0 Å². The van der Waals surface area contributed by atoms with Crippen molar-refractivity contribution < 1.29 is 13.2 Å². The summed E-state index contributed by atoms with van der Waals surface area (Å²) in [6, 6.07) is 0. The van der Waals surface area contributed by atoms with E-state index in [0.717, 1.165) is 12.8 Å². The van der Waals surface area contributed by atoms with Gasteiger partial charge in [0, 0.05) is 25.8 Å². The number of nitrogens with two attached hydrogens (primary N) is 1. The molecule has 0 amide bonds. The fraction of sp³-hybridized carbons (Fsp3) is 1.00. The first kappa shape index (κ1) is 11.9. The Hall–Kier alpha value is -0.170. The molecule has 1 aliphatic rings. The zero-order valence-corrected chi connectivity index (χ0v) is 9.27. The lowest BCUT2D eigenvalue weighted by molar-refractivity contribution is 0.199. The smallest absolute Gasteiger partial charge is 0.212 e. The standard InChI is InChI=1S/C8H18N2O3S/c1-13-5-2-6-14(11,12)10-8(7-9)3-4-8/h10H,2-7,9H2,1H3. The molecule has 0 aliphatic heterocycles. The van der Waals surface area contributed by atoms with Crippen LogP contribution in [0, 0.1) is 0 Å². The van der Waals surface area contributed by atoms with Crippen molar-refractivity contribution in [3.63, 3.8) is 0 Å². The summed E-state index contributed by atoms with van der Waals surface area (Å²) in [6.07, 6.45) is 2.23. The van der Waals surface area contributed by atoms with E-state index >= 15 is 0 Å². The van der Waals surface area contributed by atoms with E-state index < -0.39 is 10.0 Å². The first-order chi connectivity index (χ1) is 6.54. The second-order valence-electron chi connectivity index (χ2n) is 3.75. The molecule has 1 aliphatic carbocycles. The van der Waals surface area contributed by atoms with E-state index in [1.54, 1.807) is 7.11 Å². The summed E-state index contributed by atoms with van der Waals surface area (Å²) in [5.41, 5.74) is 5.15. The summed E-state index contributed by atoms with van der Waals surface area (Å²) in [5, 5.41) is 0. The van der Waals surface area contributed by atoms with Gasteiger partial charge in [-0.3, -0.25) is 0 Å². The van der Waals surface area contributed by atoms with Crippen LogP contribution in [0.1, 0.15) is 19.3 Å². The summed E-state index contributed by atoms with van der Waals surface area (Å²) in [5.74, 6) is 0.114. The molecular weight excluding hydrogens is 204 g/mol. The van der Waals surface area contributed by atoms with Gasteiger partial charge in [-0.2, -0.15) is 0 Å². The Morgan fingerprint density at radius 3 is 2.57 bits per heavy atom. The van der Waals surface area contributed by atoms with Gasteiger partial charge in [-0.15, -0.1) is 0 Å². The fourth-order valence-electron chi connectivity index (χ4n) is 1.27. The van der Waals surface area contributed by atoms with Gasteiger partial charge >= 0.3 is 0 Å². The SMILES string of the molecule is COCCCS(=O)(=O)NC1(CN)CC1. The molecule has 0 bridgehead atoms. The van der Waals surface area contributed by atoms with Crippen molar-refractivity contribution in [2.75, 3.05) is 26.0 Å². The lowest BCUT2D eigenvalue weighted by Gasteiger charge is -2.14. The molecule has 3 N–H and O–H groups in total. The van der Waals surface area contributed by atoms with Crippen molar-refractivity contribution in [3.8, 4) is 0 Å². The molecule has 0 atom stereocenters. The van der Waals surface area contributed by atoms with E-state index in [9.17, 15) is 8.42 Å². The van der Waals surface area contributed by atoms with Crippen molar-refractivity contribution in [2.24, 2.45) is 5.73 Å². The zero-order chi connectivity index (χ0) is 10.7. The molecule has 0 saturated heterocycles. The van der Waals surface area contributed by atoms with Crippen LogP contribution < -0.4 is 10.5 Å². The van der Waals surface area contributed by atoms with Crippen LogP contribution in [0.4, 0.5) is 0 Å². The van der Waals surface area contributed by atoms with Gasteiger partial charge in [-0.05, 0) is 19.3 Å². The number of nitrogens with one attached hydrogen (secondary N) is 1. The molecule has 0 aromatic carbocycles. The Kier molecular flexibility index (Phi) is 3.88. The molecule has 14 heavy (non-hydrogen) atoms. The molecule has 1 saturated carbocycles. The third-order valence-corrected chi connectivity index (χ3v) is 3.95. The van der Waals surface area contributed by atoms with Crippen LogP contribution in [-0.2, 0) is 14.8 Å². The summed E-state index contributed by atoms with van der Waals surface area (Å²) in [6.45, 7) is 0.854. The summed E-state index contributed by atoms with van der Waals surface area (Å²) in [4.78, 5) is 0. The molecular formula is C8H18N2O3S. The second-order valence-corrected chi connectivity index (χ2v) is 5.59. The molecule has 0 spiro atoms. The van der Waals surface area contributed by atoms with Crippen molar-refractivity contribution >= 4 is 10.0 Å². The molecule has 0 heterocycles. The Balaban J connectivity index is 2.34. The molecule has 1 rings (SSSR count). The van der Waals surface area contributed by atoms with Crippen LogP contribution in [0.3, 0.4) is 0 Å². The van der Waals surface area contributed by atoms with Crippen LogP contribution >= 0.6 is 0 Å². The number of sulfonamides is 1.